The van der Waals surface area contributed by atoms with E-state index in [1.807, 2.05) is 0 Å². The number of anilines is 1. The second-order valence-electron chi connectivity index (χ2n) is 3.68. The van der Waals surface area contributed by atoms with Gasteiger partial charge in [-0.3, -0.25) is 4.79 Å². The number of rotatable bonds is 2. The Labute approximate surface area is 108 Å². The standard InChI is InChI=1S/C13H12F3NO2/c1-19-12(18)5-3-2-4-9-6-7-10(8-11(9)17)13(14,15)16/h6-8H,3,5,17H2,1H3. The number of hydrogen-bond donors (Lipinski definition) is 1. The Morgan fingerprint density at radius 2 is 2.11 bits per heavy atom. The molecule has 6 heteroatoms. The summed E-state index contributed by atoms with van der Waals surface area (Å²) in [5, 5.41) is 0. The van der Waals surface area contributed by atoms with Crippen LogP contribution >= 0.6 is 0 Å². The quantitative estimate of drug-likeness (QED) is 0.511. The molecule has 0 saturated carbocycles. The number of carbonyl (C=O) groups is 1. The van der Waals surface area contributed by atoms with Crippen molar-refractivity contribution in [2.45, 2.75) is 19.0 Å². The highest BCUT2D eigenvalue weighted by atomic mass is 19.4. The molecule has 19 heavy (non-hydrogen) atoms. The lowest BCUT2D eigenvalue weighted by molar-refractivity contribution is -0.140. The van der Waals surface area contributed by atoms with E-state index in [1.54, 1.807) is 0 Å². The van der Waals surface area contributed by atoms with Crippen molar-refractivity contribution in [3.63, 3.8) is 0 Å². The van der Waals surface area contributed by atoms with E-state index in [0.29, 0.717) is 5.56 Å². The monoisotopic (exact) mass is 271 g/mol. The number of nitrogen functional groups attached to an aromatic ring is 1. The van der Waals surface area contributed by atoms with E-state index in [4.69, 9.17) is 5.73 Å². The molecular weight excluding hydrogens is 259 g/mol. The van der Waals surface area contributed by atoms with E-state index in [0.717, 1.165) is 12.1 Å². The molecule has 0 aliphatic heterocycles. The summed E-state index contributed by atoms with van der Waals surface area (Å²) >= 11 is 0. The van der Waals surface area contributed by atoms with E-state index < -0.39 is 17.7 Å². The Morgan fingerprint density at radius 1 is 1.42 bits per heavy atom. The van der Waals surface area contributed by atoms with Crippen LogP contribution in [0, 0.1) is 11.8 Å². The molecule has 3 nitrogen and oxygen atoms in total. The van der Waals surface area contributed by atoms with Crippen molar-refractivity contribution in [2.24, 2.45) is 0 Å². The Hall–Kier alpha value is -2.16. The Bertz CT molecular complexity index is 527. The van der Waals surface area contributed by atoms with E-state index in [1.165, 1.54) is 13.2 Å². The normalized spacial score (nSPS) is 10.5. The molecule has 0 saturated heterocycles. The van der Waals surface area contributed by atoms with Gasteiger partial charge in [0.05, 0.1) is 19.1 Å². The maximum Gasteiger partial charge on any atom is 0.416 e. The lowest BCUT2D eigenvalue weighted by Crippen LogP contribution is -2.06. The lowest BCUT2D eigenvalue weighted by Gasteiger charge is -2.07. The van der Waals surface area contributed by atoms with Crippen LogP contribution in [0.1, 0.15) is 24.0 Å². The predicted molar refractivity (Wildman–Crippen MR) is 64.0 cm³/mol. The predicted octanol–water partition coefficient (Wildman–Crippen LogP) is 2.59. The van der Waals surface area contributed by atoms with Crippen LogP contribution in [0.4, 0.5) is 18.9 Å². The van der Waals surface area contributed by atoms with Gasteiger partial charge in [0.1, 0.15) is 0 Å². The van der Waals surface area contributed by atoms with Crippen LogP contribution in [0.5, 0.6) is 0 Å². The molecule has 0 amide bonds. The van der Waals surface area contributed by atoms with Crippen molar-refractivity contribution in [1.82, 2.24) is 0 Å². The van der Waals surface area contributed by atoms with Crippen LogP contribution in [0.2, 0.25) is 0 Å². The minimum atomic E-state index is -4.43. The number of hydrogen-bond acceptors (Lipinski definition) is 3. The molecule has 0 bridgehead atoms. The molecule has 0 spiro atoms. The highest BCUT2D eigenvalue weighted by Crippen LogP contribution is 2.31. The van der Waals surface area contributed by atoms with E-state index in [9.17, 15) is 18.0 Å². The first-order valence-corrected chi connectivity index (χ1v) is 5.37. The topological polar surface area (TPSA) is 52.3 Å². The van der Waals surface area contributed by atoms with Crippen LogP contribution in [0.25, 0.3) is 0 Å². The van der Waals surface area contributed by atoms with Gasteiger partial charge in [-0.2, -0.15) is 13.2 Å². The van der Waals surface area contributed by atoms with Crippen molar-refractivity contribution in [3.8, 4) is 11.8 Å². The molecule has 0 fully saturated rings. The number of alkyl halides is 3. The van der Waals surface area contributed by atoms with Gasteiger partial charge in [-0.1, -0.05) is 11.8 Å². The van der Waals surface area contributed by atoms with Gasteiger partial charge in [-0.15, -0.1) is 0 Å². The van der Waals surface area contributed by atoms with Crippen molar-refractivity contribution in [2.75, 3.05) is 12.8 Å². The number of carbonyl (C=O) groups excluding carboxylic acids is 1. The largest absolute Gasteiger partial charge is 0.469 e. The van der Waals surface area contributed by atoms with Gasteiger partial charge < -0.3 is 10.5 Å². The van der Waals surface area contributed by atoms with Crippen LogP contribution < -0.4 is 5.73 Å². The summed E-state index contributed by atoms with van der Waals surface area (Å²) in [6, 6.07) is 2.97. The zero-order valence-electron chi connectivity index (χ0n) is 10.2. The number of nitrogens with two attached hydrogens (primary N) is 1. The summed E-state index contributed by atoms with van der Waals surface area (Å²) in [6.07, 6.45) is -4.04. The molecule has 0 aromatic heterocycles. The molecule has 2 N–H and O–H groups in total. The number of halogens is 3. The minimum absolute atomic E-state index is 0.0413. The van der Waals surface area contributed by atoms with Crippen molar-refractivity contribution < 1.29 is 22.7 Å². The first-order chi connectivity index (χ1) is 8.84. The fourth-order valence-corrected chi connectivity index (χ4v) is 1.28. The van der Waals surface area contributed by atoms with Crippen molar-refractivity contribution in [1.29, 1.82) is 0 Å². The van der Waals surface area contributed by atoms with Gasteiger partial charge in [0.25, 0.3) is 0 Å². The van der Waals surface area contributed by atoms with Gasteiger partial charge in [0, 0.05) is 17.7 Å². The molecule has 0 aliphatic rings. The Kier molecular flexibility index (Phi) is 4.81. The maximum absolute atomic E-state index is 12.4. The van der Waals surface area contributed by atoms with Gasteiger partial charge >= 0.3 is 12.1 Å². The van der Waals surface area contributed by atoms with E-state index in [2.05, 4.69) is 16.6 Å². The zero-order chi connectivity index (χ0) is 14.5. The molecule has 1 aromatic rings. The summed E-state index contributed by atoms with van der Waals surface area (Å²) in [6.45, 7) is 0. The first kappa shape index (κ1) is 14.9. The Balaban J connectivity index is 2.76. The third kappa shape index (κ3) is 4.54. The number of methoxy groups -OCH3 is 1. The first-order valence-electron chi connectivity index (χ1n) is 5.37. The van der Waals surface area contributed by atoms with Gasteiger partial charge in [-0.05, 0) is 18.2 Å². The smallest absolute Gasteiger partial charge is 0.416 e. The fourth-order valence-electron chi connectivity index (χ4n) is 1.28. The van der Waals surface area contributed by atoms with E-state index >= 15 is 0 Å². The maximum atomic E-state index is 12.4. The molecule has 1 aromatic carbocycles. The SMILES string of the molecule is COC(=O)CCC#Cc1ccc(C(F)(F)F)cc1N. The second-order valence-corrected chi connectivity index (χ2v) is 3.68. The molecule has 0 aliphatic carbocycles. The highest BCUT2D eigenvalue weighted by molar-refractivity contribution is 5.69. The average Bonchev–Trinajstić information content (AvgIpc) is 2.34. The van der Waals surface area contributed by atoms with Crippen LogP contribution in [0.3, 0.4) is 0 Å². The number of ether oxygens (including phenoxy) is 1. The molecule has 1 rings (SSSR count). The second kappa shape index (κ2) is 6.14. The summed E-state index contributed by atoms with van der Waals surface area (Å²) in [4.78, 5) is 10.8. The van der Waals surface area contributed by atoms with Crippen molar-refractivity contribution >= 4 is 11.7 Å². The number of esters is 1. The lowest BCUT2D eigenvalue weighted by atomic mass is 10.1. The average molecular weight is 271 g/mol. The summed E-state index contributed by atoms with van der Waals surface area (Å²) in [5.41, 5.74) is 4.94. The van der Waals surface area contributed by atoms with Crippen LogP contribution in [-0.2, 0) is 15.7 Å². The Morgan fingerprint density at radius 3 is 2.63 bits per heavy atom. The van der Waals surface area contributed by atoms with Crippen molar-refractivity contribution in [3.05, 3.63) is 29.3 Å². The molecule has 0 atom stereocenters. The van der Waals surface area contributed by atoms with Gasteiger partial charge in [0.15, 0.2) is 0 Å². The molecule has 0 radical (unpaired) electrons. The third-order valence-corrected chi connectivity index (χ3v) is 2.28. The minimum Gasteiger partial charge on any atom is -0.469 e. The van der Waals surface area contributed by atoms with Gasteiger partial charge in [-0.25, -0.2) is 0 Å². The molecule has 0 heterocycles. The summed E-state index contributed by atoms with van der Waals surface area (Å²) < 4.78 is 41.6. The highest BCUT2D eigenvalue weighted by Gasteiger charge is 2.30. The summed E-state index contributed by atoms with van der Waals surface area (Å²) in [5.74, 6) is 4.88. The molecular formula is C13H12F3NO2. The van der Waals surface area contributed by atoms with E-state index in [-0.39, 0.29) is 18.5 Å². The van der Waals surface area contributed by atoms with Crippen LogP contribution in [0.15, 0.2) is 18.2 Å². The van der Waals surface area contributed by atoms with Gasteiger partial charge in [0.2, 0.25) is 0 Å². The third-order valence-electron chi connectivity index (χ3n) is 2.28. The summed E-state index contributed by atoms with van der Waals surface area (Å²) in [7, 11) is 1.27. The fraction of sp³-hybridized carbons (Fsp3) is 0.308. The van der Waals surface area contributed by atoms with Crippen LogP contribution in [-0.4, -0.2) is 13.1 Å². The molecule has 0 unspecified atom stereocenters. The zero-order valence-corrected chi connectivity index (χ0v) is 10.2. The number of benzene rings is 1. The molecule has 102 valence electrons.